The number of likely N-dealkylation sites (N-methyl/N-ethyl adjacent to an activating group) is 1. The highest BCUT2D eigenvalue weighted by Crippen LogP contribution is 2.49. The number of halogens is 3. The summed E-state index contributed by atoms with van der Waals surface area (Å²) in [5.74, 6) is -1.30. The van der Waals surface area contributed by atoms with Gasteiger partial charge in [0.1, 0.15) is 0 Å². The first-order valence-electron chi connectivity index (χ1n) is 7.17. The minimum absolute atomic E-state index is 0.0602. The first kappa shape index (κ1) is 15.8. The van der Waals surface area contributed by atoms with Gasteiger partial charge in [-0.1, -0.05) is 30.3 Å². The van der Waals surface area contributed by atoms with Crippen molar-refractivity contribution < 1.29 is 22.7 Å². The second-order valence-electron chi connectivity index (χ2n) is 5.78. The number of hydrogen-bond acceptors (Lipinski definition) is 3. The van der Waals surface area contributed by atoms with E-state index >= 15 is 0 Å². The van der Waals surface area contributed by atoms with Crippen LogP contribution in [0.5, 0.6) is 0 Å². The molecule has 0 amide bonds. The van der Waals surface area contributed by atoms with Crippen molar-refractivity contribution >= 4 is 11.5 Å². The summed E-state index contributed by atoms with van der Waals surface area (Å²) in [6, 6.07) is 9.55. The summed E-state index contributed by atoms with van der Waals surface area (Å²) in [6.45, 7) is 0.0602. The average Bonchev–Trinajstić information content (AvgIpc) is 2.50. The maximum Gasteiger partial charge on any atom is 0.421 e. The molecule has 3 rings (SSSR count). The van der Waals surface area contributed by atoms with Crippen molar-refractivity contribution in [1.29, 1.82) is 0 Å². The Hall–Kier alpha value is -2.08. The zero-order valence-corrected chi connectivity index (χ0v) is 12.8. The van der Waals surface area contributed by atoms with E-state index in [0.29, 0.717) is 12.0 Å². The summed E-state index contributed by atoms with van der Waals surface area (Å²) in [6.07, 6.45) is -3.29. The molecule has 2 aliphatic rings. The monoisotopic (exact) mass is 323 g/mol. The minimum atomic E-state index is -4.74. The molecule has 1 aromatic rings. The largest absolute Gasteiger partial charge is 0.467 e. The number of methoxy groups -OCH3 is 1. The molecule has 3 nitrogen and oxygen atoms in total. The van der Waals surface area contributed by atoms with Gasteiger partial charge in [-0.3, -0.25) is 4.90 Å². The topological polar surface area (TPSA) is 29.5 Å². The lowest BCUT2D eigenvalue weighted by molar-refractivity contribution is -0.222. The number of esters is 1. The van der Waals surface area contributed by atoms with Gasteiger partial charge in [0.2, 0.25) is 5.54 Å². The van der Waals surface area contributed by atoms with Crippen LogP contribution in [0, 0.1) is 0 Å². The Kier molecular flexibility index (Phi) is 3.59. The number of hydrogen-bond donors (Lipinski definition) is 0. The number of carbonyl (C=O) groups excluding carboxylic acids is 1. The van der Waals surface area contributed by atoms with Crippen molar-refractivity contribution in [2.24, 2.45) is 0 Å². The summed E-state index contributed by atoms with van der Waals surface area (Å²) in [7, 11) is 2.27. The van der Waals surface area contributed by atoms with Crippen LogP contribution in [0.2, 0.25) is 0 Å². The van der Waals surface area contributed by atoms with Gasteiger partial charge in [-0.25, -0.2) is 4.79 Å². The van der Waals surface area contributed by atoms with Crippen LogP contribution >= 0.6 is 0 Å². The van der Waals surface area contributed by atoms with Gasteiger partial charge in [0.15, 0.2) is 0 Å². The predicted octanol–water partition coefficient (Wildman–Crippen LogP) is 3.19. The fourth-order valence-electron chi connectivity index (χ4n) is 3.25. The van der Waals surface area contributed by atoms with Crippen LogP contribution in [0.4, 0.5) is 13.2 Å². The molecule has 0 saturated carbocycles. The lowest BCUT2D eigenvalue weighted by Crippen LogP contribution is -2.64. The van der Waals surface area contributed by atoms with Crippen LogP contribution < -0.4 is 0 Å². The van der Waals surface area contributed by atoms with Crippen LogP contribution in [0.1, 0.15) is 12.0 Å². The molecule has 1 aromatic carbocycles. The number of nitrogens with zero attached hydrogens (tertiary/aromatic N) is 1. The lowest BCUT2D eigenvalue weighted by atomic mass is 9.73. The Morgan fingerprint density at radius 3 is 2.43 bits per heavy atom. The molecule has 1 unspecified atom stereocenters. The van der Waals surface area contributed by atoms with Gasteiger partial charge >= 0.3 is 12.1 Å². The number of rotatable bonds is 2. The smallest absolute Gasteiger partial charge is 0.421 e. The maximum atomic E-state index is 13.6. The maximum absolute atomic E-state index is 13.6. The van der Waals surface area contributed by atoms with Crippen LogP contribution in [0.3, 0.4) is 0 Å². The predicted molar refractivity (Wildman–Crippen MR) is 79.5 cm³/mol. The van der Waals surface area contributed by atoms with Crippen LogP contribution in [0.15, 0.2) is 47.6 Å². The molecule has 1 aliphatic carbocycles. The highest BCUT2D eigenvalue weighted by molar-refractivity contribution is 5.90. The van der Waals surface area contributed by atoms with E-state index in [4.69, 9.17) is 0 Å². The van der Waals surface area contributed by atoms with Gasteiger partial charge in [-0.05, 0) is 41.8 Å². The molecule has 1 atom stereocenters. The Balaban J connectivity index is 2.08. The fourth-order valence-corrected chi connectivity index (χ4v) is 3.25. The minimum Gasteiger partial charge on any atom is -0.467 e. The van der Waals surface area contributed by atoms with Crippen molar-refractivity contribution in [3.05, 3.63) is 53.1 Å². The summed E-state index contributed by atoms with van der Waals surface area (Å²) in [5, 5.41) is 0. The van der Waals surface area contributed by atoms with Gasteiger partial charge in [-0.15, -0.1) is 0 Å². The first-order chi connectivity index (χ1) is 10.8. The molecule has 6 heteroatoms. The van der Waals surface area contributed by atoms with E-state index in [2.05, 4.69) is 4.74 Å². The third kappa shape index (κ3) is 2.20. The van der Waals surface area contributed by atoms with Crippen LogP contribution in [-0.2, 0) is 9.53 Å². The number of fused-ring (bicyclic) bond motifs is 1. The fraction of sp³-hybridized carbons (Fsp3) is 0.353. The second-order valence-corrected chi connectivity index (χ2v) is 5.78. The van der Waals surface area contributed by atoms with Gasteiger partial charge in [0.25, 0.3) is 0 Å². The summed E-state index contributed by atoms with van der Waals surface area (Å²) < 4.78 is 45.3. The Morgan fingerprint density at radius 2 is 1.87 bits per heavy atom. The summed E-state index contributed by atoms with van der Waals surface area (Å²) in [4.78, 5) is 12.9. The number of alkyl halides is 3. The van der Waals surface area contributed by atoms with Crippen molar-refractivity contribution in [3.8, 4) is 0 Å². The average molecular weight is 323 g/mol. The van der Waals surface area contributed by atoms with Crippen LogP contribution in [0.25, 0.3) is 5.57 Å². The summed E-state index contributed by atoms with van der Waals surface area (Å²) in [5.41, 5.74) is 0.769. The van der Waals surface area contributed by atoms with Crippen LogP contribution in [-0.4, -0.2) is 43.3 Å². The van der Waals surface area contributed by atoms with Gasteiger partial charge in [-0.2, -0.15) is 13.2 Å². The standard InChI is InChI=1S/C17H16F3NO2/c1-21-10-14-12(8-13(14)11-6-4-3-5-7-11)9-16(21,15(22)23-2)17(18,19)20/h3-7,9H,8,10H2,1-2H3. The highest BCUT2D eigenvalue weighted by Gasteiger charge is 2.64. The van der Waals surface area contributed by atoms with Gasteiger partial charge in [0.05, 0.1) is 7.11 Å². The van der Waals surface area contributed by atoms with E-state index in [-0.39, 0.29) is 6.54 Å². The Morgan fingerprint density at radius 1 is 1.22 bits per heavy atom. The summed E-state index contributed by atoms with van der Waals surface area (Å²) >= 11 is 0. The molecule has 23 heavy (non-hydrogen) atoms. The second kappa shape index (κ2) is 5.23. The first-order valence-corrected chi connectivity index (χ1v) is 7.17. The molecule has 1 heterocycles. The third-order valence-electron chi connectivity index (χ3n) is 4.55. The molecule has 0 radical (unpaired) electrons. The normalized spacial score (nSPS) is 24.7. The molecule has 0 spiro atoms. The van der Waals surface area contributed by atoms with E-state index < -0.39 is 17.7 Å². The molecule has 1 aliphatic heterocycles. The number of carbonyl (C=O) groups is 1. The third-order valence-corrected chi connectivity index (χ3v) is 4.55. The molecule has 0 N–H and O–H groups in total. The molecule has 0 bridgehead atoms. The number of benzene rings is 1. The van der Waals surface area contributed by atoms with Gasteiger partial charge in [0, 0.05) is 6.54 Å². The quantitative estimate of drug-likeness (QED) is 0.783. The SMILES string of the molecule is COC(=O)C1(C(F)(F)F)C=C2CC(c3ccccc3)=C2CN1C. The Labute approximate surface area is 132 Å². The van der Waals surface area contributed by atoms with Crippen molar-refractivity contribution in [1.82, 2.24) is 4.90 Å². The molecule has 0 saturated heterocycles. The van der Waals surface area contributed by atoms with E-state index in [9.17, 15) is 18.0 Å². The van der Waals surface area contributed by atoms with E-state index in [1.807, 2.05) is 30.3 Å². The van der Waals surface area contributed by atoms with Crippen molar-refractivity contribution in [2.45, 2.75) is 18.1 Å². The van der Waals surface area contributed by atoms with Gasteiger partial charge < -0.3 is 4.74 Å². The van der Waals surface area contributed by atoms with E-state index in [1.54, 1.807) is 0 Å². The van der Waals surface area contributed by atoms with E-state index in [1.165, 1.54) is 7.05 Å². The van der Waals surface area contributed by atoms with Crippen molar-refractivity contribution in [2.75, 3.05) is 20.7 Å². The Bertz CT molecular complexity index is 706. The highest BCUT2D eigenvalue weighted by atomic mass is 19.4. The zero-order chi connectivity index (χ0) is 16.8. The molecule has 0 aromatic heterocycles. The molecular formula is C17H16F3NO2. The number of ether oxygens (including phenoxy) is 1. The van der Waals surface area contributed by atoms with Crippen molar-refractivity contribution in [3.63, 3.8) is 0 Å². The molecule has 122 valence electrons. The molecule has 0 fully saturated rings. The zero-order valence-electron chi connectivity index (χ0n) is 12.8. The molecular weight excluding hydrogens is 307 g/mol. The number of allylic oxidation sites excluding steroid dienone is 1. The lowest BCUT2D eigenvalue weighted by Gasteiger charge is -2.46. The van der Waals surface area contributed by atoms with E-state index in [0.717, 1.165) is 34.8 Å².